The highest BCUT2D eigenvalue weighted by molar-refractivity contribution is 4.77. The van der Waals surface area contributed by atoms with Crippen LogP contribution in [0.15, 0.2) is 0 Å². The topological polar surface area (TPSA) is 21.3 Å². The molecule has 2 nitrogen and oxygen atoms in total. The lowest BCUT2D eigenvalue weighted by Crippen LogP contribution is -2.38. The van der Waals surface area contributed by atoms with Crippen molar-refractivity contribution < 1.29 is 4.74 Å². The molecular formula is C14H27NO. The lowest BCUT2D eigenvalue weighted by Gasteiger charge is -2.34. The third-order valence-electron chi connectivity index (χ3n) is 4.30. The Morgan fingerprint density at radius 2 is 1.75 bits per heavy atom. The van der Waals surface area contributed by atoms with Crippen LogP contribution in [-0.2, 0) is 4.74 Å². The zero-order valence-electron chi connectivity index (χ0n) is 10.9. The Labute approximate surface area is 100 Å². The summed E-state index contributed by atoms with van der Waals surface area (Å²) < 4.78 is 6.20. The molecular weight excluding hydrogens is 198 g/mol. The molecule has 0 radical (unpaired) electrons. The van der Waals surface area contributed by atoms with E-state index in [-0.39, 0.29) is 0 Å². The number of piperidine rings is 1. The third kappa shape index (κ3) is 3.46. The van der Waals surface area contributed by atoms with Crippen molar-refractivity contribution in [3.8, 4) is 0 Å². The van der Waals surface area contributed by atoms with Crippen LogP contribution in [0.1, 0.15) is 52.4 Å². The van der Waals surface area contributed by atoms with Gasteiger partial charge in [-0.2, -0.15) is 0 Å². The summed E-state index contributed by atoms with van der Waals surface area (Å²) in [6, 6.07) is 0. The van der Waals surface area contributed by atoms with Gasteiger partial charge in [0.2, 0.25) is 0 Å². The molecule has 1 N–H and O–H groups in total. The van der Waals surface area contributed by atoms with Crippen LogP contribution in [0.5, 0.6) is 0 Å². The molecule has 1 aliphatic heterocycles. The second kappa shape index (κ2) is 6.02. The van der Waals surface area contributed by atoms with Crippen LogP contribution < -0.4 is 5.32 Å². The number of ether oxygens (including phenoxy) is 1. The minimum Gasteiger partial charge on any atom is -0.374 e. The van der Waals surface area contributed by atoms with Crippen LogP contribution in [0, 0.1) is 11.8 Å². The normalized spacial score (nSPS) is 36.6. The van der Waals surface area contributed by atoms with Crippen LogP contribution in [0.2, 0.25) is 0 Å². The molecule has 1 aliphatic carbocycles. The van der Waals surface area contributed by atoms with E-state index in [0.29, 0.717) is 12.2 Å². The van der Waals surface area contributed by atoms with Gasteiger partial charge >= 0.3 is 0 Å². The molecule has 0 bridgehead atoms. The van der Waals surface area contributed by atoms with E-state index in [9.17, 15) is 0 Å². The highest BCUT2D eigenvalue weighted by Crippen LogP contribution is 2.32. The highest BCUT2D eigenvalue weighted by atomic mass is 16.5. The Morgan fingerprint density at radius 1 is 1.00 bits per heavy atom. The molecule has 2 rings (SSSR count). The summed E-state index contributed by atoms with van der Waals surface area (Å²) in [7, 11) is 0. The van der Waals surface area contributed by atoms with Gasteiger partial charge < -0.3 is 10.1 Å². The first-order chi connectivity index (χ1) is 7.75. The van der Waals surface area contributed by atoms with E-state index in [1.165, 1.54) is 45.1 Å². The molecule has 0 spiro atoms. The van der Waals surface area contributed by atoms with Crippen molar-refractivity contribution >= 4 is 0 Å². The highest BCUT2D eigenvalue weighted by Gasteiger charge is 2.26. The molecule has 2 heteroatoms. The van der Waals surface area contributed by atoms with Crippen LogP contribution in [0.25, 0.3) is 0 Å². The minimum atomic E-state index is 0.495. The molecule has 94 valence electrons. The second-order valence-electron chi connectivity index (χ2n) is 5.89. The van der Waals surface area contributed by atoms with Gasteiger partial charge in [0.05, 0.1) is 12.2 Å². The standard InChI is InChI=1S/C14H27NO/c1-11(2)12-5-7-13(8-6-12)16-14-4-3-9-15-10-14/h11-15H,3-10H2,1-2H3. The van der Waals surface area contributed by atoms with Crippen molar-refractivity contribution in [1.82, 2.24) is 5.32 Å². The molecule has 2 aliphatic rings. The van der Waals surface area contributed by atoms with E-state index >= 15 is 0 Å². The maximum absolute atomic E-state index is 6.20. The molecule has 0 amide bonds. The van der Waals surface area contributed by atoms with Gasteiger partial charge in [0.15, 0.2) is 0 Å². The fourth-order valence-electron chi connectivity index (χ4n) is 3.10. The van der Waals surface area contributed by atoms with Crippen molar-refractivity contribution in [2.45, 2.75) is 64.6 Å². The summed E-state index contributed by atoms with van der Waals surface area (Å²) >= 11 is 0. The molecule has 1 heterocycles. The average molecular weight is 225 g/mol. The Bertz CT molecular complexity index is 191. The minimum absolute atomic E-state index is 0.495. The first-order valence-corrected chi connectivity index (χ1v) is 7.12. The van der Waals surface area contributed by atoms with E-state index in [0.717, 1.165) is 18.4 Å². The molecule has 1 saturated carbocycles. The SMILES string of the molecule is CC(C)C1CCC(OC2CCCNC2)CC1. The first-order valence-electron chi connectivity index (χ1n) is 7.12. The van der Waals surface area contributed by atoms with Crippen LogP contribution in [0.4, 0.5) is 0 Å². The molecule has 1 saturated heterocycles. The molecule has 0 aromatic rings. The van der Waals surface area contributed by atoms with Crippen molar-refractivity contribution in [3.63, 3.8) is 0 Å². The van der Waals surface area contributed by atoms with E-state index in [2.05, 4.69) is 19.2 Å². The predicted molar refractivity (Wildman–Crippen MR) is 67.6 cm³/mol. The molecule has 0 aromatic carbocycles. The van der Waals surface area contributed by atoms with Gasteiger partial charge in [-0.15, -0.1) is 0 Å². The van der Waals surface area contributed by atoms with Gasteiger partial charge in [0.1, 0.15) is 0 Å². The first kappa shape index (κ1) is 12.4. The van der Waals surface area contributed by atoms with Crippen molar-refractivity contribution in [1.29, 1.82) is 0 Å². The summed E-state index contributed by atoms with van der Waals surface area (Å²) in [5.74, 6) is 1.81. The zero-order valence-corrected chi connectivity index (χ0v) is 10.9. The Kier molecular flexibility index (Phi) is 4.66. The van der Waals surface area contributed by atoms with E-state index < -0.39 is 0 Å². The molecule has 1 atom stereocenters. The molecule has 16 heavy (non-hydrogen) atoms. The van der Waals surface area contributed by atoms with Gasteiger partial charge in [0.25, 0.3) is 0 Å². The maximum atomic E-state index is 6.20. The zero-order chi connectivity index (χ0) is 11.4. The van der Waals surface area contributed by atoms with Gasteiger partial charge in [-0.3, -0.25) is 0 Å². The molecule has 1 unspecified atom stereocenters. The van der Waals surface area contributed by atoms with Crippen LogP contribution in [0.3, 0.4) is 0 Å². The summed E-state index contributed by atoms with van der Waals surface area (Å²) in [4.78, 5) is 0. The third-order valence-corrected chi connectivity index (χ3v) is 4.30. The van der Waals surface area contributed by atoms with E-state index in [1.807, 2.05) is 0 Å². The number of hydrogen-bond acceptors (Lipinski definition) is 2. The van der Waals surface area contributed by atoms with Crippen molar-refractivity contribution in [2.75, 3.05) is 13.1 Å². The maximum Gasteiger partial charge on any atom is 0.0703 e. The second-order valence-corrected chi connectivity index (χ2v) is 5.89. The fraction of sp³-hybridized carbons (Fsp3) is 1.00. The van der Waals surface area contributed by atoms with E-state index in [1.54, 1.807) is 0 Å². The van der Waals surface area contributed by atoms with Gasteiger partial charge in [-0.25, -0.2) is 0 Å². The summed E-state index contributed by atoms with van der Waals surface area (Å²) in [5, 5.41) is 3.43. The number of nitrogens with one attached hydrogen (secondary N) is 1. The van der Waals surface area contributed by atoms with E-state index in [4.69, 9.17) is 4.74 Å². The lowest BCUT2D eigenvalue weighted by atomic mass is 9.80. The lowest BCUT2D eigenvalue weighted by molar-refractivity contribution is -0.0474. The average Bonchev–Trinajstić information content (AvgIpc) is 2.31. The largest absolute Gasteiger partial charge is 0.374 e. The number of rotatable bonds is 3. The van der Waals surface area contributed by atoms with Crippen molar-refractivity contribution in [2.24, 2.45) is 11.8 Å². The fourth-order valence-corrected chi connectivity index (χ4v) is 3.10. The molecule has 2 fully saturated rings. The Hall–Kier alpha value is -0.0800. The predicted octanol–water partition coefficient (Wildman–Crippen LogP) is 2.97. The number of hydrogen-bond donors (Lipinski definition) is 1. The molecule has 0 aromatic heterocycles. The Balaban J connectivity index is 1.68. The summed E-state index contributed by atoms with van der Waals surface area (Å²) in [6.07, 6.45) is 8.93. The monoisotopic (exact) mass is 225 g/mol. The van der Waals surface area contributed by atoms with Gasteiger partial charge in [-0.1, -0.05) is 13.8 Å². The van der Waals surface area contributed by atoms with Gasteiger partial charge in [0, 0.05) is 6.54 Å². The van der Waals surface area contributed by atoms with Crippen LogP contribution >= 0.6 is 0 Å². The van der Waals surface area contributed by atoms with Crippen LogP contribution in [-0.4, -0.2) is 25.3 Å². The summed E-state index contributed by atoms with van der Waals surface area (Å²) in [5.41, 5.74) is 0. The van der Waals surface area contributed by atoms with Crippen molar-refractivity contribution in [3.05, 3.63) is 0 Å². The van der Waals surface area contributed by atoms with Gasteiger partial charge in [-0.05, 0) is 56.9 Å². The quantitative estimate of drug-likeness (QED) is 0.797. The smallest absolute Gasteiger partial charge is 0.0703 e. The summed E-state index contributed by atoms with van der Waals surface area (Å²) in [6.45, 7) is 6.97. The Morgan fingerprint density at radius 3 is 2.31 bits per heavy atom.